The van der Waals surface area contributed by atoms with Crippen LogP contribution >= 0.6 is 0 Å². The molecule has 0 fully saturated rings. The van der Waals surface area contributed by atoms with Gasteiger partial charge in [-0.2, -0.15) is 0 Å². The number of furan rings is 2. The van der Waals surface area contributed by atoms with Crippen LogP contribution in [0.25, 0.3) is 87.9 Å². The summed E-state index contributed by atoms with van der Waals surface area (Å²) in [7, 11) is 0. The SMILES string of the molecule is Cc1c([C@H]2c3cc4oc5ccccc5c4cc3-c3c2ccc2ccccc32)c(-c2cccc3c2oc2ccccc23)nc2ccccc12. The van der Waals surface area contributed by atoms with Gasteiger partial charge >= 0.3 is 0 Å². The summed E-state index contributed by atoms with van der Waals surface area (Å²) >= 11 is 0. The third kappa shape index (κ3) is 3.40. The average molecular weight is 614 g/mol. The van der Waals surface area contributed by atoms with Gasteiger partial charge in [-0.1, -0.05) is 103 Å². The lowest BCUT2D eigenvalue weighted by atomic mass is 9.82. The molecule has 1 aliphatic carbocycles. The molecule has 3 heterocycles. The second-order valence-corrected chi connectivity index (χ2v) is 13.0. The minimum Gasteiger partial charge on any atom is -0.456 e. The van der Waals surface area contributed by atoms with Gasteiger partial charge in [0.25, 0.3) is 0 Å². The Morgan fingerprint density at radius 2 is 1.19 bits per heavy atom. The van der Waals surface area contributed by atoms with Crippen molar-refractivity contribution in [3.63, 3.8) is 0 Å². The monoisotopic (exact) mass is 613 g/mol. The molecule has 0 saturated heterocycles. The molecule has 0 radical (unpaired) electrons. The Labute approximate surface area is 275 Å². The van der Waals surface area contributed by atoms with Crippen LogP contribution < -0.4 is 0 Å². The first-order chi connectivity index (χ1) is 23.7. The molecule has 48 heavy (non-hydrogen) atoms. The van der Waals surface area contributed by atoms with E-state index in [2.05, 4.69) is 128 Å². The van der Waals surface area contributed by atoms with Crippen LogP contribution in [0.3, 0.4) is 0 Å². The maximum atomic E-state index is 6.64. The molecule has 0 bridgehead atoms. The molecule has 3 heteroatoms. The van der Waals surface area contributed by atoms with Crippen LogP contribution in [0.1, 0.15) is 28.2 Å². The zero-order valence-electron chi connectivity index (χ0n) is 26.1. The lowest BCUT2D eigenvalue weighted by Crippen LogP contribution is -2.07. The molecular weight excluding hydrogens is 587 g/mol. The number of fused-ring (bicyclic) bond motifs is 12. The Balaban J connectivity index is 1.30. The van der Waals surface area contributed by atoms with Crippen molar-refractivity contribution in [3.05, 3.63) is 162 Å². The van der Waals surface area contributed by atoms with E-state index in [4.69, 9.17) is 13.8 Å². The summed E-state index contributed by atoms with van der Waals surface area (Å²) < 4.78 is 13.2. The average Bonchev–Trinajstić information content (AvgIpc) is 3.80. The van der Waals surface area contributed by atoms with Crippen LogP contribution in [0.15, 0.2) is 148 Å². The first-order valence-electron chi connectivity index (χ1n) is 16.5. The number of rotatable bonds is 2. The number of pyridine rings is 1. The van der Waals surface area contributed by atoms with Gasteiger partial charge in [0.1, 0.15) is 22.3 Å². The van der Waals surface area contributed by atoms with Crippen molar-refractivity contribution < 1.29 is 8.83 Å². The highest BCUT2D eigenvalue weighted by Crippen LogP contribution is 2.55. The molecule has 224 valence electrons. The van der Waals surface area contributed by atoms with Crippen LogP contribution in [0.2, 0.25) is 0 Å². The van der Waals surface area contributed by atoms with Crippen molar-refractivity contribution >= 4 is 65.6 Å². The molecule has 3 nitrogen and oxygen atoms in total. The van der Waals surface area contributed by atoms with Gasteiger partial charge in [-0.15, -0.1) is 0 Å². The molecule has 0 N–H and O–H groups in total. The number of hydrogen-bond acceptors (Lipinski definition) is 3. The van der Waals surface area contributed by atoms with Crippen molar-refractivity contribution in [3.8, 4) is 22.4 Å². The van der Waals surface area contributed by atoms with Gasteiger partial charge in [-0.05, 0) is 87.5 Å². The summed E-state index contributed by atoms with van der Waals surface area (Å²) in [4.78, 5) is 5.49. The van der Waals surface area contributed by atoms with E-state index in [-0.39, 0.29) is 5.92 Å². The van der Waals surface area contributed by atoms with Gasteiger partial charge < -0.3 is 8.83 Å². The fraction of sp³-hybridized carbons (Fsp3) is 0.0444. The highest BCUT2D eigenvalue weighted by Gasteiger charge is 2.36. The minimum atomic E-state index is -0.0658. The molecule has 1 atom stereocenters. The summed E-state index contributed by atoms with van der Waals surface area (Å²) in [5.74, 6) is -0.0658. The molecule has 0 saturated carbocycles. The molecule has 0 spiro atoms. The van der Waals surface area contributed by atoms with E-state index in [0.717, 1.165) is 66.0 Å². The molecule has 11 rings (SSSR count). The predicted molar refractivity (Wildman–Crippen MR) is 197 cm³/mol. The second kappa shape index (κ2) is 9.43. The number of nitrogens with zero attached hydrogens (tertiary/aromatic N) is 1. The minimum absolute atomic E-state index is 0.0658. The number of para-hydroxylation sites is 4. The van der Waals surface area contributed by atoms with E-state index < -0.39 is 0 Å². The highest BCUT2D eigenvalue weighted by atomic mass is 16.3. The molecule has 1 aliphatic rings. The summed E-state index contributed by atoms with van der Waals surface area (Å²) in [6.45, 7) is 2.26. The normalized spacial score (nSPS) is 14.1. The van der Waals surface area contributed by atoms with Crippen LogP contribution in [0.4, 0.5) is 0 Å². The number of aromatic nitrogens is 1. The second-order valence-electron chi connectivity index (χ2n) is 13.0. The predicted octanol–water partition coefficient (Wildman–Crippen LogP) is 12.3. The zero-order chi connectivity index (χ0) is 31.5. The van der Waals surface area contributed by atoms with E-state index in [0.29, 0.717) is 0 Å². The highest BCUT2D eigenvalue weighted by molar-refractivity contribution is 6.12. The van der Waals surface area contributed by atoms with Crippen LogP contribution in [0.5, 0.6) is 0 Å². The molecular formula is C45H27NO2. The zero-order valence-corrected chi connectivity index (χ0v) is 26.1. The van der Waals surface area contributed by atoms with Gasteiger partial charge in [0.15, 0.2) is 0 Å². The summed E-state index contributed by atoms with van der Waals surface area (Å²) in [5, 5.41) is 8.16. The molecule has 0 aliphatic heterocycles. The molecule has 7 aromatic carbocycles. The topological polar surface area (TPSA) is 39.2 Å². The third-order valence-electron chi connectivity index (χ3n) is 10.5. The van der Waals surface area contributed by atoms with Crippen molar-refractivity contribution in [2.24, 2.45) is 0 Å². The van der Waals surface area contributed by atoms with Gasteiger partial charge in [-0.25, -0.2) is 4.98 Å². The molecule has 0 amide bonds. The first-order valence-corrected chi connectivity index (χ1v) is 16.5. The van der Waals surface area contributed by atoms with E-state index in [1.807, 2.05) is 18.2 Å². The Morgan fingerprint density at radius 3 is 2.04 bits per heavy atom. The Kier molecular flexibility index (Phi) is 5.10. The van der Waals surface area contributed by atoms with Crippen molar-refractivity contribution in [1.82, 2.24) is 4.98 Å². The summed E-state index contributed by atoms with van der Waals surface area (Å²) in [5.41, 5.74) is 14.0. The van der Waals surface area contributed by atoms with E-state index in [9.17, 15) is 0 Å². The lowest BCUT2D eigenvalue weighted by molar-refractivity contribution is 0.668. The quantitative estimate of drug-likeness (QED) is 0.195. The summed E-state index contributed by atoms with van der Waals surface area (Å²) in [6, 6.07) is 49.6. The first kappa shape index (κ1) is 25.9. The van der Waals surface area contributed by atoms with E-state index in [1.54, 1.807) is 0 Å². The largest absolute Gasteiger partial charge is 0.456 e. The van der Waals surface area contributed by atoms with Gasteiger partial charge in [0.05, 0.1) is 11.2 Å². The smallest absolute Gasteiger partial charge is 0.144 e. The van der Waals surface area contributed by atoms with Crippen LogP contribution in [-0.2, 0) is 0 Å². The third-order valence-corrected chi connectivity index (χ3v) is 10.5. The summed E-state index contributed by atoms with van der Waals surface area (Å²) in [6.07, 6.45) is 0. The maximum absolute atomic E-state index is 6.64. The molecule has 10 aromatic rings. The Morgan fingerprint density at radius 1 is 0.500 bits per heavy atom. The maximum Gasteiger partial charge on any atom is 0.144 e. The van der Waals surface area contributed by atoms with E-state index in [1.165, 1.54) is 44.2 Å². The fourth-order valence-corrected chi connectivity index (χ4v) is 8.43. The van der Waals surface area contributed by atoms with Crippen molar-refractivity contribution in [1.29, 1.82) is 0 Å². The van der Waals surface area contributed by atoms with Gasteiger partial charge in [-0.3, -0.25) is 0 Å². The van der Waals surface area contributed by atoms with Crippen LogP contribution in [-0.4, -0.2) is 4.98 Å². The number of aryl methyl sites for hydroxylation is 1. The standard InChI is InChI=1S/C45H27NO2/c1-25-27-12-4-7-18-37(27)46-44(33-17-10-16-31-29-14-5-9-20-39(29)48-45(31)33)41(25)43-32-22-21-26-11-2-3-13-28(26)42(32)35-23-34-30-15-6-8-19-38(30)47-40(34)24-36(35)43/h2-24,43H,1H3/t43-/m1/s1. The Hall–Kier alpha value is -6.19. The lowest BCUT2D eigenvalue weighted by Gasteiger charge is -2.22. The van der Waals surface area contributed by atoms with Gasteiger partial charge in [0.2, 0.25) is 0 Å². The van der Waals surface area contributed by atoms with Crippen LogP contribution in [0, 0.1) is 6.92 Å². The number of benzene rings is 7. The van der Waals surface area contributed by atoms with Crippen molar-refractivity contribution in [2.45, 2.75) is 12.8 Å². The number of hydrogen-bond donors (Lipinski definition) is 0. The van der Waals surface area contributed by atoms with Crippen molar-refractivity contribution in [2.75, 3.05) is 0 Å². The fourth-order valence-electron chi connectivity index (χ4n) is 8.43. The molecule has 3 aromatic heterocycles. The molecule has 0 unspecified atom stereocenters. The van der Waals surface area contributed by atoms with E-state index >= 15 is 0 Å². The van der Waals surface area contributed by atoms with Gasteiger partial charge in [0, 0.05) is 38.4 Å². The Bertz CT molecular complexity index is 2980.